The summed E-state index contributed by atoms with van der Waals surface area (Å²) in [5.74, 6) is 0.812. The molecule has 0 unspecified atom stereocenters. The van der Waals surface area contributed by atoms with Crippen LogP contribution in [0.25, 0.3) is 0 Å². The van der Waals surface area contributed by atoms with Gasteiger partial charge in [-0.05, 0) is 36.7 Å². The highest BCUT2D eigenvalue weighted by Gasteiger charge is 2.14. The summed E-state index contributed by atoms with van der Waals surface area (Å²) in [5, 5.41) is 2.77. The Morgan fingerprint density at radius 2 is 2.15 bits per heavy atom. The molecular weight excluding hydrogens is 282 g/mol. The predicted octanol–water partition coefficient (Wildman–Crippen LogP) is 3.59. The third-order valence-electron chi connectivity index (χ3n) is 2.58. The molecule has 0 aliphatic rings. The van der Waals surface area contributed by atoms with Crippen LogP contribution in [-0.4, -0.2) is 19.6 Å². The molecule has 5 nitrogen and oxygen atoms in total. The third-order valence-corrected chi connectivity index (χ3v) is 2.88. The zero-order valence-electron chi connectivity index (χ0n) is 11.1. The molecule has 0 radical (unpaired) electrons. The highest BCUT2D eigenvalue weighted by Crippen LogP contribution is 2.30. The van der Waals surface area contributed by atoms with Gasteiger partial charge >= 0.3 is 0 Å². The summed E-state index contributed by atoms with van der Waals surface area (Å²) in [6.45, 7) is 2.42. The summed E-state index contributed by atoms with van der Waals surface area (Å²) < 4.78 is 15.5. The Labute approximate surface area is 121 Å². The van der Waals surface area contributed by atoms with Crippen molar-refractivity contribution in [1.82, 2.24) is 0 Å². The minimum absolute atomic E-state index is 0.0559. The van der Waals surface area contributed by atoms with E-state index in [0.29, 0.717) is 23.8 Å². The number of amides is 1. The van der Waals surface area contributed by atoms with Crippen LogP contribution in [0.3, 0.4) is 0 Å². The van der Waals surface area contributed by atoms with E-state index < -0.39 is 0 Å². The summed E-state index contributed by atoms with van der Waals surface area (Å²) in [5.41, 5.74) is 0.854. The van der Waals surface area contributed by atoms with E-state index in [1.54, 1.807) is 18.2 Å². The average Bonchev–Trinajstić information content (AvgIpc) is 2.87. The number of rotatable bonds is 5. The number of hydrogen-bond acceptors (Lipinski definition) is 4. The highest BCUT2D eigenvalue weighted by molar-refractivity contribution is 6.32. The van der Waals surface area contributed by atoms with Gasteiger partial charge in [0.05, 0.1) is 25.5 Å². The van der Waals surface area contributed by atoms with Crippen LogP contribution in [0.2, 0.25) is 5.22 Å². The molecule has 1 heterocycles. The van der Waals surface area contributed by atoms with Gasteiger partial charge in [0, 0.05) is 11.8 Å². The summed E-state index contributed by atoms with van der Waals surface area (Å²) in [6, 6.07) is 6.63. The molecule has 6 heteroatoms. The lowest BCUT2D eigenvalue weighted by Crippen LogP contribution is -2.11. The van der Waals surface area contributed by atoms with Gasteiger partial charge in [-0.2, -0.15) is 0 Å². The van der Waals surface area contributed by atoms with E-state index in [1.807, 2.05) is 6.92 Å². The van der Waals surface area contributed by atoms with Crippen molar-refractivity contribution < 1.29 is 18.7 Å². The van der Waals surface area contributed by atoms with Crippen molar-refractivity contribution >= 4 is 23.2 Å². The summed E-state index contributed by atoms with van der Waals surface area (Å²) in [6.07, 6.45) is 1.36. The number of benzene rings is 1. The standard InChI is InChI=1S/C14H14ClNO4/c1-3-19-11-5-4-9(8-12(11)18-2)16-14(17)10-6-7-20-13(10)15/h4-8H,3H2,1-2H3,(H,16,17). The van der Waals surface area contributed by atoms with Crippen molar-refractivity contribution in [1.29, 1.82) is 0 Å². The van der Waals surface area contributed by atoms with E-state index in [1.165, 1.54) is 19.4 Å². The number of furan rings is 1. The van der Waals surface area contributed by atoms with Gasteiger partial charge in [0.15, 0.2) is 11.5 Å². The van der Waals surface area contributed by atoms with Gasteiger partial charge in [-0.15, -0.1) is 0 Å². The topological polar surface area (TPSA) is 60.7 Å². The second kappa shape index (κ2) is 6.34. The van der Waals surface area contributed by atoms with Crippen LogP contribution in [0.1, 0.15) is 17.3 Å². The summed E-state index contributed by atoms with van der Waals surface area (Å²) >= 11 is 5.75. The first-order chi connectivity index (χ1) is 9.65. The van der Waals surface area contributed by atoms with E-state index in [9.17, 15) is 4.79 Å². The fraction of sp³-hybridized carbons (Fsp3) is 0.214. The maximum absolute atomic E-state index is 12.0. The van der Waals surface area contributed by atoms with Crippen LogP contribution in [-0.2, 0) is 0 Å². The summed E-state index contributed by atoms with van der Waals surface area (Å²) in [7, 11) is 1.54. The van der Waals surface area contributed by atoms with E-state index in [4.69, 9.17) is 25.5 Å². The lowest BCUT2D eigenvalue weighted by molar-refractivity contribution is 0.102. The first-order valence-corrected chi connectivity index (χ1v) is 6.38. The lowest BCUT2D eigenvalue weighted by Gasteiger charge is -2.11. The highest BCUT2D eigenvalue weighted by atomic mass is 35.5. The second-order valence-electron chi connectivity index (χ2n) is 3.86. The van der Waals surface area contributed by atoms with Gasteiger partial charge in [0.2, 0.25) is 5.22 Å². The largest absolute Gasteiger partial charge is 0.493 e. The number of carbonyl (C=O) groups is 1. The van der Waals surface area contributed by atoms with E-state index >= 15 is 0 Å². The molecule has 0 bridgehead atoms. The number of halogens is 1. The maximum atomic E-state index is 12.0. The molecule has 1 aromatic heterocycles. The van der Waals surface area contributed by atoms with Crippen molar-refractivity contribution in [3.63, 3.8) is 0 Å². The molecule has 0 spiro atoms. The Morgan fingerprint density at radius 3 is 2.75 bits per heavy atom. The fourth-order valence-corrected chi connectivity index (χ4v) is 1.87. The first kappa shape index (κ1) is 14.3. The number of anilines is 1. The molecule has 2 rings (SSSR count). The Bertz CT molecular complexity index is 609. The number of ether oxygens (including phenoxy) is 2. The number of hydrogen-bond donors (Lipinski definition) is 1. The molecule has 20 heavy (non-hydrogen) atoms. The molecule has 106 valence electrons. The molecule has 0 aliphatic carbocycles. The van der Waals surface area contributed by atoms with Crippen LogP contribution in [0, 0.1) is 0 Å². The van der Waals surface area contributed by atoms with Crippen LogP contribution in [0.5, 0.6) is 11.5 Å². The third kappa shape index (κ3) is 3.05. The van der Waals surface area contributed by atoms with Gasteiger partial charge < -0.3 is 19.2 Å². The van der Waals surface area contributed by atoms with Gasteiger partial charge in [0.1, 0.15) is 0 Å². The molecule has 1 amide bonds. The molecule has 2 aromatic rings. The molecule has 1 aromatic carbocycles. The van der Waals surface area contributed by atoms with Gasteiger partial charge in [-0.25, -0.2) is 0 Å². The van der Waals surface area contributed by atoms with Gasteiger partial charge in [-0.1, -0.05) is 0 Å². The minimum Gasteiger partial charge on any atom is -0.493 e. The number of nitrogens with one attached hydrogen (secondary N) is 1. The van der Waals surface area contributed by atoms with Crippen LogP contribution < -0.4 is 14.8 Å². The van der Waals surface area contributed by atoms with E-state index in [-0.39, 0.29) is 16.7 Å². The zero-order chi connectivity index (χ0) is 14.5. The van der Waals surface area contributed by atoms with Crippen LogP contribution in [0.4, 0.5) is 5.69 Å². The van der Waals surface area contributed by atoms with Crippen LogP contribution >= 0.6 is 11.6 Å². The molecule has 0 atom stereocenters. The Balaban J connectivity index is 2.18. The normalized spacial score (nSPS) is 10.2. The minimum atomic E-state index is -0.352. The van der Waals surface area contributed by atoms with Crippen molar-refractivity contribution in [2.24, 2.45) is 0 Å². The SMILES string of the molecule is CCOc1ccc(NC(=O)c2ccoc2Cl)cc1OC. The van der Waals surface area contributed by atoms with Crippen LogP contribution in [0.15, 0.2) is 34.9 Å². The number of carbonyl (C=O) groups excluding carboxylic acids is 1. The molecule has 0 fully saturated rings. The average molecular weight is 296 g/mol. The molecule has 0 saturated carbocycles. The molecule has 0 aliphatic heterocycles. The van der Waals surface area contributed by atoms with Crippen molar-refractivity contribution in [2.45, 2.75) is 6.92 Å². The first-order valence-electron chi connectivity index (χ1n) is 6.01. The van der Waals surface area contributed by atoms with Gasteiger partial charge in [-0.3, -0.25) is 4.79 Å². The Kier molecular flexibility index (Phi) is 4.53. The maximum Gasteiger partial charge on any atom is 0.260 e. The predicted molar refractivity (Wildman–Crippen MR) is 75.8 cm³/mol. The van der Waals surface area contributed by atoms with Crippen molar-refractivity contribution in [3.8, 4) is 11.5 Å². The summed E-state index contributed by atoms with van der Waals surface area (Å²) in [4.78, 5) is 12.0. The van der Waals surface area contributed by atoms with E-state index in [0.717, 1.165) is 0 Å². The lowest BCUT2D eigenvalue weighted by atomic mass is 10.2. The Morgan fingerprint density at radius 1 is 1.35 bits per heavy atom. The van der Waals surface area contributed by atoms with Crippen molar-refractivity contribution in [2.75, 3.05) is 19.0 Å². The molecule has 0 saturated heterocycles. The molecule has 1 N–H and O–H groups in total. The van der Waals surface area contributed by atoms with Crippen molar-refractivity contribution in [3.05, 3.63) is 41.3 Å². The fourth-order valence-electron chi connectivity index (χ4n) is 1.67. The smallest absolute Gasteiger partial charge is 0.260 e. The zero-order valence-corrected chi connectivity index (χ0v) is 11.9. The van der Waals surface area contributed by atoms with Gasteiger partial charge in [0.25, 0.3) is 5.91 Å². The monoisotopic (exact) mass is 295 g/mol. The van der Waals surface area contributed by atoms with E-state index in [2.05, 4.69) is 5.32 Å². The number of methoxy groups -OCH3 is 1. The molecular formula is C14H14ClNO4. The second-order valence-corrected chi connectivity index (χ2v) is 4.20. The quantitative estimate of drug-likeness (QED) is 0.915. The Hall–Kier alpha value is -2.14.